The molecule has 0 aromatic rings. The lowest BCUT2D eigenvalue weighted by Crippen LogP contribution is -2.47. The van der Waals surface area contributed by atoms with Crippen LogP contribution in [0.5, 0.6) is 0 Å². The van der Waals surface area contributed by atoms with Crippen LogP contribution >= 0.6 is 12.2 Å². The molecule has 8 heteroatoms. The first-order chi connectivity index (χ1) is 10.2. The molecule has 0 radical (unpaired) electrons. The van der Waals surface area contributed by atoms with E-state index in [-0.39, 0.29) is 18.5 Å². The molecule has 0 aromatic carbocycles. The summed E-state index contributed by atoms with van der Waals surface area (Å²) >= 11 is 4.93. The molecule has 1 aliphatic carbocycles. The van der Waals surface area contributed by atoms with Crippen molar-refractivity contribution in [2.45, 2.75) is 6.04 Å². The second kappa shape index (κ2) is 7.34. The minimum Gasteiger partial charge on any atom is -0.358 e. The average molecular weight is 304 g/mol. The van der Waals surface area contributed by atoms with E-state index in [9.17, 15) is 4.79 Å². The Hall–Kier alpha value is -2.48. The van der Waals surface area contributed by atoms with Crippen LogP contribution in [0.4, 0.5) is 0 Å². The summed E-state index contributed by atoms with van der Waals surface area (Å²) < 4.78 is 0. The van der Waals surface area contributed by atoms with Gasteiger partial charge in [-0.15, -0.1) is 6.58 Å². The van der Waals surface area contributed by atoms with Crippen molar-refractivity contribution >= 4 is 34.9 Å². The van der Waals surface area contributed by atoms with Crippen LogP contribution in [-0.4, -0.2) is 41.8 Å². The van der Waals surface area contributed by atoms with Gasteiger partial charge in [0.25, 0.3) is 5.91 Å². The Morgan fingerprint density at radius 2 is 2.38 bits per heavy atom. The van der Waals surface area contributed by atoms with Gasteiger partial charge in [0.15, 0.2) is 5.11 Å². The van der Waals surface area contributed by atoms with E-state index in [2.05, 4.69) is 38.0 Å². The highest BCUT2D eigenvalue weighted by Crippen LogP contribution is 2.07. The molecule has 0 bridgehead atoms. The maximum Gasteiger partial charge on any atom is 0.260 e. The van der Waals surface area contributed by atoms with Gasteiger partial charge >= 0.3 is 0 Å². The normalized spacial score (nSPS) is 20.3. The molecule has 0 fully saturated rings. The van der Waals surface area contributed by atoms with Crippen molar-refractivity contribution in [3.05, 3.63) is 37.0 Å². The predicted octanol–water partition coefficient (Wildman–Crippen LogP) is -0.437. The van der Waals surface area contributed by atoms with Gasteiger partial charge in [0, 0.05) is 6.54 Å². The lowest BCUT2D eigenvalue weighted by molar-refractivity contribution is -0.120. The van der Waals surface area contributed by atoms with Crippen LogP contribution in [0, 0.1) is 0 Å². The largest absolute Gasteiger partial charge is 0.358 e. The Morgan fingerprint density at radius 3 is 3.14 bits per heavy atom. The number of rotatable bonds is 4. The molecular formula is C13H16N6OS. The molecule has 2 aliphatic rings. The van der Waals surface area contributed by atoms with Gasteiger partial charge in [-0.05, 0) is 18.3 Å². The topological polar surface area (TPSA) is 89.9 Å². The first-order valence-corrected chi connectivity index (χ1v) is 6.78. The van der Waals surface area contributed by atoms with Gasteiger partial charge in [-0.1, -0.05) is 24.3 Å². The maximum atomic E-state index is 11.6. The van der Waals surface area contributed by atoms with E-state index in [0.717, 1.165) is 5.71 Å². The predicted molar refractivity (Wildman–Crippen MR) is 87.0 cm³/mol. The molecule has 4 N–H and O–H groups in total. The van der Waals surface area contributed by atoms with E-state index in [1.807, 2.05) is 24.3 Å². The monoisotopic (exact) mass is 304 g/mol. The Labute approximate surface area is 128 Å². The van der Waals surface area contributed by atoms with Gasteiger partial charge in [-0.25, -0.2) is 9.98 Å². The summed E-state index contributed by atoms with van der Waals surface area (Å²) in [6.07, 6.45) is 9.40. The summed E-state index contributed by atoms with van der Waals surface area (Å²) in [6.45, 7) is 4.02. The molecule has 2 rings (SSSR count). The Bertz CT molecular complexity index is 563. The first kappa shape index (κ1) is 14.9. The second-order valence-electron chi connectivity index (χ2n) is 4.21. The van der Waals surface area contributed by atoms with Crippen molar-refractivity contribution in [3.8, 4) is 0 Å². The molecule has 1 atom stereocenters. The molecule has 0 saturated heterocycles. The molecule has 0 aromatic heterocycles. The molecule has 1 aliphatic heterocycles. The molecule has 1 unspecified atom stereocenters. The number of thiocarbonyl (C=S) groups is 1. The summed E-state index contributed by atoms with van der Waals surface area (Å²) in [5.41, 5.74) is 5.90. The summed E-state index contributed by atoms with van der Waals surface area (Å²) in [5.74, 6) is 0.141. The number of allylic oxidation sites excluding steroid dienone is 2. The molecule has 1 amide bonds. The lowest BCUT2D eigenvalue weighted by Gasteiger charge is -2.09. The molecular weight excluding hydrogens is 288 g/mol. The quantitative estimate of drug-likeness (QED) is 0.321. The molecule has 0 spiro atoms. The van der Waals surface area contributed by atoms with Crippen LogP contribution in [0.15, 0.2) is 46.9 Å². The number of fused-ring (bicyclic) bond motifs is 1. The fraction of sp³-hybridized carbons (Fsp3) is 0.231. The third-order valence-corrected chi connectivity index (χ3v) is 2.86. The highest BCUT2D eigenvalue weighted by atomic mass is 32.1. The number of carbonyl (C=O) groups is 1. The summed E-state index contributed by atoms with van der Waals surface area (Å²) in [5, 5.41) is 6.24. The number of nitrogens with zero attached hydrogens (tertiary/aromatic N) is 2. The molecule has 0 saturated carbocycles. The number of nitrogens with one attached hydrogen (secondary N) is 4. The summed E-state index contributed by atoms with van der Waals surface area (Å²) in [7, 11) is 0. The van der Waals surface area contributed by atoms with Crippen molar-refractivity contribution in [3.63, 3.8) is 0 Å². The summed E-state index contributed by atoms with van der Waals surface area (Å²) in [6, 6.07) is 0.0469. The second-order valence-corrected chi connectivity index (χ2v) is 4.62. The summed E-state index contributed by atoms with van der Waals surface area (Å²) in [4.78, 5) is 20.0. The van der Waals surface area contributed by atoms with Crippen LogP contribution in [0.25, 0.3) is 0 Å². The number of carbonyl (C=O) groups excluding carboxylic acids is 1. The standard InChI is InChI=1S/C13H16N6OS/c1-2-7-14-13(21)19-18-11(20)8-15-12-16-9-5-3-4-6-10(9)17-12/h2-6,9H,1,7-8H2,(H,15,16)(H,18,20)(H2,14,19,21). The van der Waals surface area contributed by atoms with E-state index in [1.165, 1.54) is 0 Å². The van der Waals surface area contributed by atoms with E-state index >= 15 is 0 Å². The number of amides is 1. The third kappa shape index (κ3) is 4.53. The van der Waals surface area contributed by atoms with E-state index in [1.54, 1.807) is 6.08 Å². The lowest BCUT2D eigenvalue weighted by atomic mass is 10.1. The van der Waals surface area contributed by atoms with E-state index in [4.69, 9.17) is 12.2 Å². The minimum absolute atomic E-state index is 0.0453. The smallest absolute Gasteiger partial charge is 0.260 e. The Morgan fingerprint density at radius 1 is 1.52 bits per heavy atom. The van der Waals surface area contributed by atoms with Gasteiger partial charge in [-0.3, -0.25) is 15.6 Å². The van der Waals surface area contributed by atoms with Gasteiger partial charge in [0.2, 0.25) is 5.96 Å². The number of aliphatic imine (C=N–C) groups is 2. The van der Waals surface area contributed by atoms with E-state index in [0.29, 0.717) is 17.6 Å². The van der Waals surface area contributed by atoms with Crippen LogP contribution in [0.1, 0.15) is 0 Å². The van der Waals surface area contributed by atoms with Crippen molar-refractivity contribution in [1.29, 1.82) is 0 Å². The zero-order valence-electron chi connectivity index (χ0n) is 11.3. The number of hydrazine groups is 1. The highest BCUT2D eigenvalue weighted by molar-refractivity contribution is 7.80. The average Bonchev–Trinajstić information content (AvgIpc) is 2.91. The van der Waals surface area contributed by atoms with Gasteiger partial charge in [-0.2, -0.15) is 0 Å². The maximum absolute atomic E-state index is 11.6. The van der Waals surface area contributed by atoms with Crippen molar-refractivity contribution in [2.75, 3.05) is 13.1 Å². The molecule has 110 valence electrons. The van der Waals surface area contributed by atoms with Crippen LogP contribution in [0.3, 0.4) is 0 Å². The first-order valence-electron chi connectivity index (χ1n) is 6.37. The van der Waals surface area contributed by atoms with Gasteiger partial charge in [0.1, 0.15) is 6.54 Å². The SMILES string of the molecule is C=CCNC(=S)NNC(=O)CN=C1N=C2C=CC=CC2N1. The van der Waals surface area contributed by atoms with Crippen LogP contribution in [0.2, 0.25) is 0 Å². The highest BCUT2D eigenvalue weighted by Gasteiger charge is 2.21. The minimum atomic E-state index is -0.312. The number of hydrogen-bond acceptors (Lipinski definition) is 3. The zero-order chi connectivity index (χ0) is 15.1. The van der Waals surface area contributed by atoms with Gasteiger partial charge in [0.05, 0.1) is 11.8 Å². The molecule has 21 heavy (non-hydrogen) atoms. The Kier molecular flexibility index (Phi) is 5.22. The zero-order valence-corrected chi connectivity index (χ0v) is 12.1. The van der Waals surface area contributed by atoms with Crippen LogP contribution in [-0.2, 0) is 4.79 Å². The number of guanidine groups is 1. The van der Waals surface area contributed by atoms with Crippen molar-refractivity contribution in [1.82, 2.24) is 21.5 Å². The van der Waals surface area contributed by atoms with E-state index < -0.39 is 0 Å². The fourth-order valence-corrected chi connectivity index (χ4v) is 1.79. The fourth-order valence-electron chi connectivity index (χ4n) is 1.66. The van der Waals surface area contributed by atoms with Gasteiger partial charge < -0.3 is 10.6 Å². The third-order valence-electron chi connectivity index (χ3n) is 2.61. The van der Waals surface area contributed by atoms with Crippen molar-refractivity contribution in [2.24, 2.45) is 9.98 Å². The van der Waals surface area contributed by atoms with Crippen molar-refractivity contribution < 1.29 is 4.79 Å². The Balaban J connectivity index is 1.74. The number of hydrogen-bond donors (Lipinski definition) is 4. The molecule has 1 heterocycles. The van der Waals surface area contributed by atoms with Crippen LogP contribution < -0.4 is 21.5 Å². The molecule has 7 nitrogen and oxygen atoms in total.